The molecule has 1 aliphatic rings. The number of H-pyrrole nitrogens is 1. The Labute approximate surface area is 127 Å². The summed E-state index contributed by atoms with van der Waals surface area (Å²) in [5.41, 5.74) is 1.24. The van der Waals surface area contributed by atoms with Gasteiger partial charge in [-0.05, 0) is 26.0 Å². The number of hydrogen-bond donors (Lipinski definition) is 2. The molecule has 116 valence electrons. The second-order valence-corrected chi connectivity index (χ2v) is 5.77. The van der Waals surface area contributed by atoms with E-state index in [2.05, 4.69) is 47.2 Å². The van der Waals surface area contributed by atoms with E-state index >= 15 is 0 Å². The number of aliphatic imine (C=N–C) groups is 2. The van der Waals surface area contributed by atoms with Crippen molar-refractivity contribution in [3.8, 4) is 0 Å². The van der Waals surface area contributed by atoms with Crippen LogP contribution in [-0.2, 0) is 6.42 Å². The van der Waals surface area contributed by atoms with E-state index in [1.165, 1.54) is 5.69 Å². The number of nitrogens with zero attached hydrogens (tertiary/aromatic N) is 4. The van der Waals surface area contributed by atoms with Gasteiger partial charge in [0.1, 0.15) is 0 Å². The monoisotopic (exact) mass is 290 g/mol. The van der Waals surface area contributed by atoms with Crippen LogP contribution in [0.4, 0.5) is 0 Å². The Morgan fingerprint density at radius 3 is 2.33 bits per heavy atom. The molecule has 6 nitrogen and oxygen atoms in total. The van der Waals surface area contributed by atoms with Gasteiger partial charge in [-0.3, -0.25) is 5.32 Å². The molecular formula is C15H26N6. The summed E-state index contributed by atoms with van der Waals surface area (Å²) in [6.07, 6.45) is 2.92. The molecule has 1 aliphatic heterocycles. The van der Waals surface area contributed by atoms with Gasteiger partial charge in [0.2, 0.25) is 11.9 Å². The van der Waals surface area contributed by atoms with Gasteiger partial charge in [-0.15, -0.1) is 0 Å². The maximum atomic E-state index is 4.77. The lowest BCUT2D eigenvalue weighted by molar-refractivity contribution is 0.483. The molecule has 0 bridgehead atoms. The fourth-order valence-corrected chi connectivity index (χ4v) is 2.10. The number of nitrogens with one attached hydrogen (secondary N) is 2. The third-order valence-corrected chi connectivity index (χ3v) is 3.74. The average Bonchev–Trinajstić information content (AvgIpc) is 2.90. The Hall–Kier alpha value is -1.98. The minimum absolute atomic E-state index is 0.165. The largest absolute Gasteiger partial charge is 0.365 e. The van der Waals surface area contributed by atoms with Crippen molar-refractivity contribution >= 4 is 11.9 Å². The van der Waals surface area contributed by atoms with Crippen LogP contribution < -0.4 is 5.32 Å². The summed E-state index contributed by atoms with van der Waals surface area (Å²) in [6, 6.07) is 4.47. The predicted octanol–water partition coefficient (Wildman–Crippen LogP) is 1.14. The molecule has 6 heteroatoms. The van der Waals surface area contributed by atoms with Crippen LogP contribution in [0.1, 0.15) is 19.5 Å². The van der Waals surface area contributed by atoms with E-state index in [1.54, 1.807) is 0 Å². The highest BCUT2D eigenvalue weighted by Gasteiger charge is 2.20. The first kappa shape index (κ1) is 15.4. The molecule has 0 spiro atoms. The minimum atomic E-state index is 0.165. The Balaban J connectivity index is 2.06. The van der Waals surface area contributed by atoms with E-state index < -0.39 is 0 Å². The van der Waals surface area contributed by atoms with Crippen molar-refractivity contribution in [2.24, 2.45) is 9.98 Å². The van der Waals surface area contributed by atoms with Gasteiger partial charge >= 0.3 is 0 Å². The van der Waals surface area contributed by atoms with E-state index in [-0.39, 0.29) is 12.1 Å². The molecule has 1 aromatic rings. The number of rotatable bonds is 3. The van der Waals surface area contributed by atoms with Crippen molar-refractivity contribution in [3.63, 3.8) is 0 Å². The Kier molecular flexibility index (Phi) is 4.88. The first-order chi connectivity index (χ1) is 9.97. The highest BCUT2D eigenvalue weighted by atomic mass is 15.4. The molecule has 21 heavy (non-hydrogen) atoms. The van der Waals surface area contributed by atoms with Crippen LogP contribution in [0.5, 0.6) is 0 Å². The Morgan fingerprint density at radius 2 is 1.76 bits per heavy atom. The lowest BCUT2D eigenvalue weighted by Crippen LogP contribution is -2.47. The molecule has 0 amide bonds. The molecule has 2 N–H and O–H groups in total. The maximum absolute atomic E-state index is 4.77. The number of likely N-dealkylation sites (N-methyl/N-ethyl adjacent to an activating group) is 1. The maximum Gasteiger partial charge on any atom is 0.200 e. The third kappa shape index (κ3) is 4.00. The highest BCUT2D eigenvalue weighted by molar-refractivity contribution is 5.99. The lowest BCUT2D eigenvalue weighted by Gasteiger charge is -2.24. The van der Waals surface area contributed by atoms with Gasteiger partial charge in [0, 0.05) is 46.0 Å². The molecule has 2 unspecified atom stereocenters. The second kappa shape index (κ2) is 6.65. The van der Waals surface area contributed by atoms with Gasteiger partial charge in [-0.1, -0.05) is 0 Å². The smallest absolute Gasteiger partial charge is 0.200 e. The molecule has 0 radical (unpaired) electrons. The van der Waals surface area contributed by atoms with Crippen LogP contribution in [0.15, 0.2) is 28.3 Å². The molecule has 0 saturated carbocycles. The summed E-state index contributed by atoms with van der Waals surface area (Å²) < 4.78 is 0. The van der Waals surface area contributed by atoms with E-state index in [0.29, 0.717) is 0 Å². The number of hydrogen-bond acceptors (Lipinski definition) is 5. The van der Waals surface area contributed by atoms with E-state index in [0.717, 1.165) is 24.9 Å². The molecule has 0 aromatic carbocycles. The SMILES string of the molecule is CC1N=C(N(C)C)NC(N(C)CCc2ccc[nH]2)=NC1C. The highest BCUT2D eigenvalue weighted by Crippen LogP contribution is 2.08. The normalized spacial score (nSPS) is 22.0. The Bertz CT molecular complexity index is 502. The van der Waals surface area contributed by atoms with Crippen LogP contribution in [0.2, 0.25) is 0 Å². The first-order valence-electron chi connectivity index (χ1n) is 7.40. The van der Waals surface area contributed by atoms with Crippen LogP contribution in [0, 0.1) is 0 Å². The summed E-state index contributed by atoms with van der Waals surface area (Å²) in [4.78, 5) is 16.8. The number of aromatic amines is 1. The topological polar surface area (TPSA) is 59.0 Å². The summed E-state index contributed by atoms with van der Waals surface area (Å²) in [7, 11) is 6.04. The Morgan fingerprint density at radius 1 is 1.10 bits per heavy atom. The van der Waals surface area contributed by atoms with E-state index in [4.69, 9.17) is 4.99 Å². The van der Waals surface area contributed by atoms with E-state index in [9.17, 15) is 0 Å². The van der Waals surface area contributed by atoms with Crippen molar-refractivity contribution in [1.82, 2.24) is 20.1 Å². The fourth-order valence-electron chi connectivity index (χ4n) is 2.10. The molecule has 0 fully saturated rings. The molecule has 2 atom stereocenters. The summed E-state index contributed by atoms with van der Waals surface area (Å²) in [6.45, 7) is 5.10. The van der Waals surface area contributed by atoms with Gasteiger partial charge < -0.3 is 14.8 Å². The minimum Gasteiger partial charge on any atom is -0.365 e. The second-order valence-electron chi connectivity index (χ2n) is 5.77. The van der Waals surface area contributed by atoms with Gasteiger partial charge in [0.15, 0.2) is 0 Å². The fraction of sp³-hybridized carbons (Fsp3) is 0.600. The van der Waals surface area contributed by atoms with Crippen LogP contribution in [0.3, 0.4) is 0 Å². The van der Waals surface area contributed by atoms with Crippen molar-refractivity contribution in [2.45, 2.75) is 32.4 Å². The van der Waals surface area contributed by atoms with Crippen molar-refractivity contribution in [2.75, 3.05) is 27.7 Å². The zero-order chi connectivity index (χ0) is 15.4. The van der Waals surface area contributed by atoms with Crippen LogP contribution in [-0.4, -0.2) is 66.5 Å². The molecule has 1 aromatic heterocycles. The standard InChI is InChI=1S/C15H26N6/c1-11-12(2)18-15(19-14(17-11)20(3)4)21(5)10-8-13-7-6-9-16-13/h6-7,9,11-12,16H,8,10H2,1-5H3,(H,17,18,19). The molecule has 2 rings (SSSR count). The van der Waals surface area contributed by atoms with Crippen molar-refractivity contribution in [3.05, 3.63) is 24.0 Å². The van der Waals surface area contributed by atoms with Crippen LogP contribution in [0.25, 0.3) is 0 Å². The third-order valence-electron chi connectivity index (χ3n) is 3.74. The summed E-state index contributed by atoms with van der Waals surface area (Å²) in [5.74, 6) is 1.74. The van der Waals surface area contributed by atoms with Crippen molar-refractivity contribution < 1.29 is 0 Å². The number of guanidine groups is 2. The van der Waals surface area contributed by atoms with Crippen molar-refractivity contribution in [1.29, 1.82) is 0 Å². The van der Waals surface area contributed by atoms with E-state index in [1.807, 2.05) is 31.3 Å². The molecule has 2 heterocycles. The van der Waals surface area contributed by atoms with Gasteiger partial charge in [0.25, 0.3) is 0 Å². The summed E-state index contributed by atoms with van der Waals surface area (Å²) >= 11 is 0. The predicted molar refractivity (Wildman–Crippen MR) is 87.7 cm³/mol. The summed E-state index contributed by atoms with van der Waals surface area (Å²) in [5, 5.41) is 3.35. The molecule has 0 aliphatic carbocycles. The zero-order valence-electron chi connectivity index (χ0n) is 13.6. The van der Waals surface area contributed by atoms with Crippen LogP contribution >= 0.6 is 0 Å². The van der Waals surface area contributed by atoms with Gasteiger partial charge in [0.05, 0.1) is 12.1 Å². The zero-order valence-corrected chi connectivity index (χ0v) is 13.6. The first-order valence-corrected chi connectivity index (χ1v) is 7.40. The number of aromatic nitrogens is 1. The van der Waals surface area contributed by atoms with Gasteiger partial charge in [-0.25, -0.2) is 9.98 Å². The quantitative estimate of drug-likeness (QED) is 0.878. The average molecular weight is 290 g/mol. The lowest BCUT2D eigenvalue weighted by atomic mass is 10.2. The molecule has 0 saturated heterocycles. The molecular weight excluding hydrogens is 264 g/mol. The van der Waals surface area contributed by atoms with Gasteiger partial charge in [-0.2, -0.15) is 0 Å².